The predicted molar refractivity (Wildman–Crippen MR) is 49.5 cm³/mol. The number of thiazole rings is 1. The molecule has 3 N–H and O–H groups in total. The number of amides is 1. The van der Waals surface area contributed by atoms with Crippen LogP contribution in [0, 0.1) is 6.92 Å². The molecule has 1 heterocycles. The molecule has 1 rings (SSSR count). The molecule has 0 saturated carbocycles. The van der Waals surface area contributed by atoms with Crippen molar-refractivity contribution in [1.82, 2.24) is 4.98 Å². The average molecular weight is 221 g/mol. The van der Waals surface area contributed by atoms with Crippen molar-refractivity contribution in [3.63, 3.8) is 0 Å². The number of alkyl halides is 2. The number of anilines is 1. The fraction of sp³-hybridized carbons (Fsp3) is 0.429. The fourth-order valence-electron chi connectivity index (χ4n) is 0.693. The fourth-order valence-corrected chi connectivity index (χ4v) is 1.38. The Kier molecular flexibility index (Phi) is 3.12. The minimum absolute atomic E-state index is 0.153. The Bertz CT molecular complexity index is 339. The molecule has 0 spiro atoms. The zero-order chi connectivity index (χ0) is 10.8. The van der Waals surface area contributed by atoms with Crippen molar-refractivity contribution in [1.29, 1.82) is 0 Å². The van der Waals surface area contributed by atoms with Gasteiger partial charge in [-0.1, -0.05) is 0 Å². The second kappa shape index (κ2) is 3.97. The second-order valence-electron chi connectivity index (χ2n) is 2.66. The van der Waals surface area contributed by atoms with Crippen LogP contribution in [0.4, 0.5) is 13.9 Å². The lowest BCUT2D eigenvalue weighted by Crippen LogP contribution is -2.41. The van der Waals surface area contributed by atoms with E-state index < -0.39 is 18.4 Å². The summed E-state index contributed by atoms with van der Waals surface area (Å²) in [6.45, 7) is 0.691. The maximum atomic E-state index is 12.7. The number of halogens is 2. The van der Waals surface area contributed by atoms with Crippen LogP contribution < -0.4 is 11.1 Å². The molecule has 1 aromatic rings. The maximum Gasteiger partial charge on any atom is 0.336 e. The first-order valence-electron chi connectivity index (χ1n) is 3.77. The number of hydrogen-bond acceptors (Lipinski definition) is 4. The highest BCUT2D eigenvalue weighted by Gasteiger charge is 2.37. The Morgan fingerprint density at radius 2 is 2.43 bits per heavy atom. The van der Waals surface area contributed by atoms with E-state index in [2.05, 4.69) is 4.98 Å². The van der Waals surface area contributed by atoms with Crippen molar-refractivity contribution in [2.75, 3.05) is 11.9 Å². The van der Waals surface area contributed by atoms with Crippen molar-refractivity contribution >= 4 is 22.4 Å². The zero-order valence-corrected chi connectivity index (χ0v) is 8.20. The number of hydrogen-bond donors (Lipinski definition) is 2. The standard InChI is InChI=1S/C7H9F2N3OS/c1-4-2-14-6(11-4)12-5(13)7(8,9)3-10/h2H,3,10H2,1H3,(H,11,12,13). The lowest BCUT2D eigenvalue weighted by molar-refractivity contribution is -0.138. The molecule has 0 fully saturated rings. The molecular formula is C7H9F2N3OS. The maximum absolute atomic E-state index is 12.7. The van der Waals surface area contributed by atoms with E-state index in [1.165, 1.54) is 0 Å². The predicted octanol–water partition coefficient (Wildman–Crippen LogP) is 0.984. The minimum Gasteiger partial charge on any atom is -0.325 e. The van der Waals surface area contributed by atoms with Crippen LogP contribution >= 0.6 is 11.3 Å². The van der Waals surface area contributed by atoms with Crippen LogP contribution in [0.2, 0.25) is 0 Å². The van der Waals surface area contributed by atoms with Gasteiger partial charge in [-0.2, -0.15) is 8.78 Å². The van der Waals surface area contributed by atoms with Gasteiger partial charge in [0, 0.05) is 5.38 Å². The summed E-state index contributed by atoms with van der Waals surface area (Å²) in [7, 11) is 0. The van der Waals surface area contributed by atoms with Gasteiger partial charge in [-0.25, -0.2) is 4.98 Å². The highest BCUT2D eigenvalue weighted by Crippen LogP contribution is 2.18. The summed E-state index contributed by atoms with van der Waals surface area (Å²) in [4.78, 5) is 14.7. The van der Waals surface area contributed by atoms with Crippen LogP contribution in [-0.2, 0) is 4.79 Å². The molecule has 0 aliphatic rings. The van der Waals surface area contributed by atoms with Gasteiger partial charge in [0.15, 0.2) is 5.13 Å². The molecule has 0 aromatic carbocycles. The van der Waals surface area contributed by atoms with Gasteiger partial charge in [0.25, 0.3) is 5.91 Å². The molecule has 0 saturated heterocycles. The van der Waals surface area contributed by atoms with Gasteiger partial charge >= 0.3 is 5.92 Å². The Labute approximate surface area is 83.1 Å². The van der Waals surface area contributed by atoms with Gasteiger partial charge in [0.2, 0.25) is 0 Å². The average Bonchev–Trinajstić information content (AvgIpc) is 2.51. The van der Waals surface area contributed by atoms with E-state index in [-0.39, 0.29) is 5.13 Å². The molecule has 1 amide bonds. The summed E-state index contributed by atoms with van der Waals surface area (Å²) in [6.07, 6.45) is 0. The van der Waals surface area contributed by atoms with Gasteiger partial charge in [-0.3, -0.25) is 10.1 Å². The normalized spacial score (nSPS) is 11.4. The Morgan fingerprint density at radius 1 is 1.79 bits per heavy atom. The number of aromatic nitrogens is 1. The van der Waals surface area contributed by atoms with Gasteiger partial charge in [0.05, 0.1) is 12.2 Å². The minimum atomic E-state index is -3.54. The molecule has 0 aliphatic heterocycles. The summed E-state index contributed by atoms with van der Waals surface area (Å²) >= 11 is 1.09. The molecule has 78 valence electrons. The summed E-state index contributed by atoms with van der Waals surface area (Å²) in [5.74, 6) is -4.96. The number of nitrogens with zero attached hydrogens (tertiary/aromatic N) is 1. The zero-order valence-electron chi connectivity index (χ0n) is 7.38. The topological polar surface area (TPSA) is 68.0 Å². The number of rotatable bonds is 3. The molecule has 0 bridgehead atoms. The van der Waals surface area contributed by atoms with Crippen LogP contribution in [0.25, 0.3) is 0 Å². The van der Waals surface area contributed by atoms with Crippen molar-refractivity contribution < 1.29 is 13.6 Å². The first kappa shape index (κ1) is 11.0. The molecule has 4 nitrogen and oxygen atoms in total. The Hall–Kier alpha value is -1.08. The van der Waals surface area contributed by atoms with Crippen LogP contribution in [0.15, 0.2) is 5.38 Å². The van der Waals surface area contributed by atoms with Gasteiger partial charge < -0.3 is 5.73 Å². The first-order chi connectivity index (χ1) is 6.45. The second-order valence-corrected chi connectivity index (χ2v) is 3.51. The lowest BCUT2D eigenvalue weighted by Gasteiger charge is -2.11. The van der Waals surface area contributed by atoms with Crippen molar-refractivity contribution in [2.45, 2.75) is 12.8 Å². The molecule has 0 unspecified atom stereocenters. The third-order valence-corrected chi connectivity index (χ3v) is 2.30. The van der Waals surface area contributed by atoms with Crippen molar-refractivity contribution in [2.24, 2.45) is 5.73 Å². The van der Waals surface area contributed by atoms with Crippen LogP contribution in [0.3, 0.4) is 0 Å². The summed E-state index contributed by atoms with van der Waals surface area (Å²) < 4.78 is 25.4. The van der Waals surface area contributed by atoms with E-state index in [4.69, 9.17) is 5.73 Å². The van der Waals surface area contributed by atoms with E-state index >= 15 is 0 Å². The van der Waals surface area contributed by atoms with Crippen molar-refractivity contribution in [3.05, 3.63) is 11.1 Å². The molecule has 1 aromatic heterocycles. The highest BCUT2D eigenvalue weighted by molar-refractivity contribution is 7.13. The molecule has 0 aliphatic carbocycles. The number of nitrogens with one attached hydrogen (secondary N) is 1. The Morgan fingerprint density at radius 3 is 2.86 bits per heavy atom. The number of nitrogens with two attached hydrogens (primary N) is 1. The van der Waals surface area contributed by atoms with Crippen LogP contribution in [-0.4, -0.2) is 23.4 Å². The molecule has 7 heteroatoms. The van der Waals surface area contributed by atoms with Gasteiger partial charge in [0.1, 0.15) is 0 Å². The van der Waals surface area contributed by atoms with Gasteiger partial charge in [-0.05, 0) is 6.92 Å². The molecular weight excluding hydrogens is 212 g/mol. The van der Waals surface area contributed by atoms with E-state index in [0.29, 0.717) is 5.69 Å². The molecule has 0 atom stereocenters. The van der Waals surface area contributed by atoms with Gasteiger partial charge in [-0.15, -0.1) is 11.3 Å². The number of aryl methyl sites for hydroxylation is 1. The summed E-state index contributed by atoms with van der Waals surface area (Å²) in [5, 5.41) is 3.79. The monoisotopic (exact) mass is 221 g/mol. The number of carbonyl (C=O) groups excluding carboxylic acids is 1. The SMILES string of the molecule is Cc1csc(NC(=O)C(F)(F)CN)n1. The largest absolute Gasteiger partial charge is 0.336 e. The van der Waals surface area contributed by atoms with Crippen LogP contribution in [0.1, 0.15) is 5.69 Å². The third-order valence-electron chi connectivity index (χ3n) is 1.43. The van der Waals surface area contributed by atoms with Crippen molar-refractivity contribution in [3.8, 4) is 0 Å². The quantitative estimate of drug-likeness (QED) is 0.799. The van der Waals surface area contributed by atoms with E-state index in [9.17, 15) is 13.6 Å². The van der Waals surface area contributed by atoms with E-state index in [1.54, 1.807) is 12.3 Å². The Balaban J connectivity index is 2.66. The highest BCUT2D eigenvalue weighted by atomic mass is 32.1. The third kappa shape index (κ3) is 2.46. The lowest BCUT2D eigenvalue weighted by atomic mass is 10.3. The number of carbonyl (C=O) groups is 1. The summed E-state index contributed by atoms with van der Waals surface area (Å²) in [5.41, 5.74) is 5.41. The first-order valence-corrected chi connectivity index (χ1v) is 4.65. The molecule has 14 heavy (non-hydrogen) atoms. The van der Waals surface area contributed by atoms with Crippen LogP contribution in [0.5, 0.6) is 0 Å². The van der Waals surface area contributed by atoms with E-state index in [0.717, 1.165) is 11.3 Å². The molecule has 0 radical (unpaired) electrons. The smallest absolute Gasteiger partial charge is 0.325 e. The van der Waals surface area contributed by atoms with E-state index in [1.807, 2.05) is 5.32 Å². The summed E-state index contributed by atoms with van der Waals surface area (Å²) in [6, 6.07) is 0.